The molecule has 1 N–H and O–H groups in total. The number of benzene rings is 3. The first-order chi connectivity index (χ1) is 16.2. The van der Waals surface area contributed by atoms with E-state index in [2.05, 4.69) is 17.2 Å². The Hall–Kier alpha value is -4.04. The summed E-state index contributed by atoms with van der Waals surface area (Å²) in [4.78, 5) is 23.6. The fraction of sp³-hybridized carbons (Fsp3) is 0.241. The zero-order valence-corrected chi connectivity index (χ0v) is 20.0. The molecule has 174 valence electrons. The lowest BCUT2D eigenvalue weighted by Crippen LogP contribution is -2.32. The van der Waals surface area contributed by atoms with E-state index in [1.807, 2.05) is 93.6 Å². The number of esters is 1. The van der Waals surface area contributed by atoms with Crippen LogP contribution in [0.5, 0.6) is 0 Å². The standard InChI is InChI=1S/C29H29NO4/c1-29(2,3)34-28(32)30-20-22-10-8-14-25(18-22)24-13-7-9-21(17-24)15-16-23-11-5-6-12-26(23)19-27(31)33-4/h5-14,17-18H,19-20H2,1-4H3,(H,30,32). The van der Waals surface area contributed by atoms with Crippen molar-refractivity contribution in [1.82, 2.24) is 5.32 Å². The van der Waals surface area contributed by atoms with Gasteiger partial charge in [0.2, 0.25) is 0 Å². The topological polar surface area (TPSA) is 64.6 Å². The van der Waals surface area contributed by atoms with Crippen molar-refractivity contribution in [3.05, 3.63) is 95.1 Å². The van der Waals surface area contributed by atoms with Crippen LogP contribution in [-0.4, -0.2) is 24.8 Å². The summed E-state index contributed by atoms with van der Waals surface area (Å²) in [6.45, 7) is 5.88. The number of carbonyl (C=O) groups excluding carboxylic acids is 2. The van der Waals surface area contributed by atoms with Gasteiger partial charge in [0, 0.05) is 17.7 Å². The number of carbonyl (C=O) groups is 2. The Kier molecular flexibility index (Phi) is 8.10. The highest BCUT2D eigenvalue weighted by molar-refractivity contribution is 5.73. The zero-order valence-electron chi connectivity index (χ0n) is 20.0. The highest BCUT2D eigenvalue weighted by Crippen LogP contribution is 2.22. The normalized spacial score (nSPS) is 10.6. The molecule has 0 radical (unpaired) electrons. The largest absolute Gasteiger partial charge is 0.469 e. The number of methoxy groups -OCH3 is 1. The molecular formula is C29H29NO4. The molecule has 0 unspecified atom stereocenters. The van der Waals surface area contributed by atoms with Gasteiger partial charge >= 0.3 is 12.1 Å². The number of hydrogen-bond acceptors (Lipinski definition) is 4. The Bertz CT molecular complexity index is 1230. The number of alkyl carbamates (subject to hydrolysis) is 1. The molecule has 3 rings (SSSR count). The van der Waals surface area contributed by atoms with Crippen molar-refractivity contribution in [1.29, 1.82) is 0 Å². The van der Waals surface area contributed by atoms with Crippen molar-refractivity contribution in [2.75, 3.05) is 7.11 Å². The van der Waals surface area contributed by atoms with Gasteiger partial charge in [0.1, 0.15) is 5.60 Å². The minimum atomic E-state index is -0.534. The molecule has 3 aromatic carbocycles. The Labute approximate surface area is 201 Å². The van der Waals surface area contributed by atoms with Crippen LogP contribution in [0.25, 0.3) is 11.1 Å². The summed E-state index contributed by atoms with van der Waals surface area (Å²) >= 11 is 0. The van der Waals surface area contributed by atoms with Crippen molar-refractivity contribution >= 4 is 12.1 Å². The molecule has 0 heterocycles. The fourth-order valence-electron chi connectivity index (χ4n) is 3.29. The van der Waals surface area contributed by atoms with Crippen LogP contribution >= 0.6 is 0 Å². The molecule has 0 aliphatic carbocycles. The second-order valence-corrected chi connectivity index (χ2v) is 8.80. The quantitative estimate of drug-likeness (QED) is 0.408. The van der Waals surface area contributed by atoms with Crippen LogP contribution in [0.15, 0.2) is 72.8 Å². The highest BCUT2D eigenvalue weighted by atomic mass is 16.6. The van der Waals surface area contributed by atoms with E-state index in [1.54, 1.807) is 0 Å². The lowest BCUT2D eigenvalue weighted by molar-refractivity contribution is -0.139. The van der Waals surface area contributed by atoms with E-state index in [1.165, 1.54) is 7.11 Å². The third-order valence-electron chi connectivity index (χ3n) is 4.88. The van der Waals surface area contributed by atoms with Crippen molar-refractivity contribution in [2.24, 2.45) is 0 Å². The SMILES string of the molecule is COC(=O)Cc1ccccc1C#Cc1cccc(-c2cccc(CNC(=O)OC(C)(C)C)c2)c1. The third kappa shape index (κ3) is 7.53. The van der Waals surface area contributed by atoms with E-state index in [0.29, 0.717) is 6.54 Å². The van der Waals surface area contributed by atoms with E-state index < -0.39 is 11.7 Å². The summed E-state index contributed by atoms with van der Waals surface area (Å²) in [5.41, 5.74) is 4.98. The molecule has 0 saturated carbocycles. The number of ether oxygens (including phenoxy) is 2. The van der Waals surface area contributed by atoms with Gasteiger partial charge in [-0.2, -0.15) is 0 Å². The van der Waals surface area contributed by atoms with Crippen molar-refractivity contribution in [3.63, 3.8) is 0 Å². The summed E-state index contributed by atoms with van der Waals surface area (Å²) in [6.07, 6.45) is -0.256. The molecular weight excluding hydrogens is 426 g/mol. The van der Waals surface area contributed by atoms with Crippen LogP contribution in [0.1, 0.15) is 43.0 Å². The average molecular weight is 456 g/mol. The van der Waals surface area contributed by atoms with Gasteiger partial charge in [0.15, 0.2) is 0 Å². The number of nitrogens with one attached hydrogen (secondary N) is 1. The number of hydrogen-bond donors (Lipinski definition) is 1. The second kappa shape index (κ2) is 11.2. The van der Waals surface area contributed by atoms with Crippen LogP contribution in [0.4, 0.5) is 4.79 Å². The van der Waals surface area contributed by atoms with E-state index in [4.69, 9.17) is 9.47 Å². The summed E-state index contributed by atoms with van der Waals surface area (Å²) in [7, 11) is 1.38. The maximum Gasteiger partial charge on any atom is 0.407 e. The summed E-state index contributed by atoms with van der Waals surface area (Å²) in [6, 6.07) is 23.5. The smallest absolute Gasteiger partial charge is 0.407 e. The molecule has 1 amide bonds. The molecule has 5 nitrogen and oxygen atoms in total. The predicted octanol–water partition coefficient (Wildman–Crippen LogP) is 5.49. The van der Waals surface area contributed by atoms with E-state index in [9.17, 15) is 9.59 Å². The van der Waals surface area contributed by atoms with E-state index in [0.717, 1.165) is 33.4 Å². The molecule has 0 spiro atoms. The van der Waals surface area contributed by atoms with E-state index in [-0.39, 0.29) is 12.4 Å². The lowest BCUT2D eigenvalue weighted by Gasteiger charge is -2.19. The van der Waals surface area contributed by atoms with Crippen LogP contribution in [-0.2, 0) is 27.2 Å². The van der Waals surface area contributed by atoms with Crippen LogP contribution < -0.4 is 5.32 Å². The van der Waals surface area contributed by atoms with Gasteiger partial charge in [-0.25, -0.2) is 4.79 Å². The van der Waals surface area contributed by atoms with Crippen molar-refractivity contribution in [3.8, 4) is 23.0 Å². The minimum Gasteiger partial charge on any atom is -0.469 e. The lowest BCUT2D eigenvalue weighted by atomic mass is 10.0. The molecule has 0 aliphatic heterocycles. The van der Waals surface area contributed by atoms with Gasteiger partial charge in [-0.05, 0) is 67.3 Å². The van der Waals surface area contributed by atoms with Gasteiger partial charge in [0.05, 0.1) is 13.5 Å². The third-order valence-corrected chi connectivity index (χ3v) is 4.88. The summed E-state index contributed by atoms with van der Waals surface area (Å²) < 4.78 is 10.1. The van der Waals surface area contributed by atoms with Gasteiger partial charge in [0.25, 0.3) is 0 Å². The molecule has 0 saturated heterocycles. The summed E-state index contributed by atoms with van der Waals surface area (Å²) in [5, 5.41) is 2.79. The summed E-state index contributed by atoms with van der Waals surface area (Å²) in [5.74, 6) is 6.09. The maximum atomic E-state index is 11.9. The molecule has 3 aromatic rings. The number of rotatable bonds is 5. The van der Waals surface area contributed by atoms with Crippen LogP contribution in [0, 0.1) is 11.8 Å². The average Bonchev–Trinajstić information content (AvgIpc) is 2.81. The van der Waals surface area contributed by atoms with E-state index >= 15 is 0 Å². The molecule has 5 heteroatoms. The van der Waals surface area contributed by atoms with Crippen molar-refractivity contribution in [2.45, 2.75) is 39.3 Å². The van der Waals surface area contributed by atoms with Crippen LogP contribution in [0.2, 0.25) is 0 Å². The highest BCUT2D eigenvalue weighted by Gasteiger charge is 2.15. The fourth-order valence-corrected chi connectivity index (χ4v) is 3.29. The minimum absolute atomic E-state index is 0.186. The van der Waals surface area contributed by atoms with Gasteiger partial charge in [-0.1, -0.05) is 60.4 Å². The Balaban J connectivity index is 1.76. The predicted molar refractivity (Wildman–Crippen MR) is 133 cm³/mol. The first kappa shape index (κ1) is 24.6. The van der Waals surface area contributed by atoms with Gasteiger partial charge in [-0.3, -0.25) is 4.79 Å². The Morgan fingerprint density at radius 1 is 0.882 bits per heavy atom. The molecule has 0 fully saturated rings. The first-order valence-corrected chi connectivity index (χ1v) is 11.1. The van der Waals surface area contributed by atoms with Crippen LogP contribution in [0.3, 0.4) is 0 Å². The molecule has 0 aliphatic rings. The first-order valence-electron chi connectivity index (χ1n) is 11.1. The zero-order chi connectivity index (χ0) is 24.6. The monoisotopic (exact) mass is 455 g/mol. The number of amides is 1. The van der Waals surface area contributed by atoms with Gasteiger partial charge < -0.3 is 14.8 Å². The maximum absolute atomic E-state index is 11.9. The second-order valence-electron chi connectivity index (χ2n) is 8.80. The Morgan fingerprint density at radius 2 is 1.59 bits per heavy atom. The molecule has 34 heavy (non-hydrogen) atoms. The molecule has 0 atom stereocenters. The molecule has 0 bridgehead atoms. The van der Waals surface area contributed by atoms with Gasteiger partial charge in [-0.15, -0.1) is 0 Å². The van der Waals surface area contributed by atoms with Crippen molar-refractivity contribution < 1.29 is 19.1 Å². The Morgan fingerprint density at radius 3 is 2.32 bits per heavy atom. The molecule has 0 aromatic heterocycles.